The number of rotatable bonds is 2. The van der Waals surface area contributed by atoms with Crippen molar-refractivity contribution in [3.8, 4) is 0 Å². The molecule has 1 aliphatic carbocycles. The molecule has 0 saturated heterocycles. The van der Waals surface area contributed by atoms with Crippen molar-refractivity contribution >= 4 is 6.08 Å². The van der Waals surface area contributed by atoms with E-state index < -0.39 is 5.54 Å². The Labute approximate surface area is 81.5 Å². The van der Waals surface area contributed by atoms with Crippen LogP contribution >= 0.6 is 0 Å². The number of carbonyl (C=O) groups excluding carboxylic acids is 1. The van der Waals surface area contributed by atoms with Gasteiger partial charge in [-0.15, -0.1) is 0 Å². The summed E-state index contributed by atoms with van der Waals surface area (Å²) in [6.07, 6.45) is 4.01. The SMILES string of the molecule is O=C=NC1(c2ccccc2F)CCC1. The lowest BCUT2D eigenvalue weighted by atomic mass is 9.72. The van der Waals surface area contributed by atoms with E-state index in [2.05, 4.69) is 4.99 Å². The molecule has 0 atom stereocenters. The first-order valence-corrected chi connectivity index (χ1v) is 4.62. The van der Waals surface area contributed by atoms with Gasteiger partial charge in [-0.25, -0.2) is 9.18 Å². The number of hydrogen-bond acceptors (Lipinski definition) is 2. The van der Waals surface area contributed by atoms with Crippen LogP contribution in [0.5, 0.6) is 0 Å². The van der Waals surface area contributed by atoms with Gasteiger partial charge in [0.25, 0.3) is 0 Å². The zero-order chi connectivity index (χ0) is 10.0. The van der Waals surface area contributed by atoms with Crippen LogP contribution in [0.3, 0.4) is 0 Å². The van der Waals surface area contributed by atoms with Gasteiger partial charge in [-0.05, 0) is 25.3 Å². The summed E-state index contributed by atoms with van der Waals surface area (Å²) in [5, 5.41) is 0. The molecule has 1 aromatic rings. The van der Waals surface area contributed by atoms with Crippen LogP contribution in [0.2, 0.25) is 0 Å². The average molecular weight is 191 g/mol. The summed E-state index contributed by atoms with van der Waals surface area (Å²) in [5.74, 6) is -0.286. The Morgan fingerprint density at radius 1 is 1.36 bits per heavy atom. The Kier molecular flexibility index (Phi) is 2.18. The Bertz CT molecular complexity index is 392. The minimum absolute atomic E-state index is 0.286. The molecule has 0 radical (unpaired) electrons. The number of halogens is 1. The average Bonchev–Trinajstić information content (AvgIpc) is 2.13. The van der Waals surface area contributed by atoms with Crippen molar-refractivity contribution in [1.82, 2.24) is 0 Å². The quantitative estimate of drug-likeness (QED) is 0.521. The summed E-state index contributed by atoms with van der Waals surface area (Å²) in [6.45, 7) is 0. The fraction of sp³-hybridized carbons (Fsp3) is 0.364. The predicted molar refractivity (Wildman–Crippen MR) is 50.1 cm³/mol. The van der Waals surface area contributed by atoms with Gasteiger partial charge in [-0.1, -0.05) is 18.2 Å². The zero-order valence-electron chi connectivity index (χ0n) is 7.66. The molecule has 14 heavy (non-hydrogen) atoms. The highest BCUT2D eigenvalue weighted by molar-refractivity contribution is 5.39. The third-order valence-electron chi connectivity index (χ3n) is 2.82. The molecule has 0 spiro atoms. The molecular weight excluding hydrogens is 181 g/mol. The van der Waals surface area contributed by atoms with Crippen molar-refractivity contribution in [2.75, 3.05) is 0 Å². The lowest BCUT2D eigenvalue weighted by Gasteiger charge is -2.37. The van der Waals surface area contributed by atoms with E-state index in [1.165, 1.54) is 6.07 Å². The van der Waals surface area contributed by atoms with Crippen LogP contribution in [0.15, 0.2) is 29.3 Å². The molecular formula is C11H10FNO. The molecule has 0 aliphatic heterocycles. The second-order valence-corrected chi connectivity index (χ2v) is 3.57. The molecule has 2 rings (SSSR count). The Morgan fingerprint density at radius 3 is 2.57 bits per heavy atom. The van der Waals surface area contributed by atoms with Gasteiger partial charge in [0, 0.05) is 5.56 Å². The van der Waals surface area contributed by atoms with E-state index in [-0.39, 0.29) is 5.82 Å². The van der Waals surface area contributed by atoms with Crippen molar-refractivity contribution in [2.45, 2.75) is 24.8 Å². The van der Waals surface area contributed by atoms with Crippen molar-refractivity contribution < 1.29 is 9.18 Å². The number of hydrogen-bond donors (Lipinski definition) is 0. The number of benzene rings is 1. The fourth-order valence-corrected chi connectivity index (χ4v) is 1.88. The van der Waals surface area contributed by atoms with Gasteiger partial charge >= 0.3 is 0 Å². The van der Waals surface area contributed by atoms with E-state index in [4.69, 9.17) is 0 Å². The van der Waals surface area contributed by atoms with E-state index in [1.54, 1.807) is 24.3 Å². The standard InChI is InChI=1S/C11H10FNO/c12-10-5-2-1-4-9(10)11(13-8-14)6-3-7-11/h1-2,4-5H,3,6-7H2. The maximum absolute atomic E-state index is 13.4. The van der Waals surface area contributed by atoms with Crippen LogP contribution < -0.4 is 0 Å². The van der Waals surface area contributed by atoms with Gasteiger partial charge in [0.2, 0.25) is 6.08 Å². The van der Waals surface area contributed by atoms with Crippen molar-refractivity contribution in [3.63, 3.8) is 0 Å². The van der Waals surface area contributed by atoms with Crippen LogP contribution in [0.4, 0.5) is 4.39 Å². The van der Waals surface area contributed by atoms with E-state index in [9.17, 15) is 9.18 Å². The monoisotopic (exact) mass is 191 g/mol. The van der Waals surface area contributed by atoms with Crippen LogP contribution in [-0.2, 0) is 10.3 Å². The maximum atomic E-state index is 13.4. The van der Waals surface area contributed by atoms with E-state index in [0.29, 0.717) is 5.56 Å². The largest absolute Gasteiger partial charge is 0.235 e. The van der Waals surface area contributed by atoms with Crippen molar-refractivity contribution in [2.24, 2.45) is 4.99 Å². The molecule has 0 heterocycles. The highest BCUT2D eigenvalue weighted by Gasteiger charge is 2.40. The van der Waals surface area contributed by atoms with Crippen LogP contribution in [0.1, 0.15) is 24.8 Å². The Hall–Kier alpha value is -1.47. The van der Waals surface area contributed by atoms with Gasteiger partial charge in [0.15, 0.2) is 0 Å². The molecule has 72 valence electrons. The highest BCUT2D eigenvalue weighted by Crippen LogP contribution is 2.45. The molecule has 3 heteroatoms. The van der Waals surface area contributed by atoms with Crippen LogP contribution in [-0.4, -0.2) is 6.08 Å². The first-order valence-electron chi connectivity index (χ1n) is 4.62. The molecule has 0 aromatic heterocycles. The molecule has 0 amide bonds. The summed E-state index contributed by atoms with van der Waals surface area (Å²) in [4.78, 5) is 14.0. The van der Waals surface area contributed by atoms with Crippen molar-refractivity contribution in [3.05, 3.63) is 35.6 Å². The maximum Gasteiger partial charge on any atom is 0.235 e. The Balaban J connectivity index is 2.46. The molecule has 0 bridgehead atoms. The summed E-state index contributed by atoms with van der Waals surface area (Å²) in [6, 6.07) is 6.49. The minimum Gasteiger partial charge on any atom is -0.211 e. The number of isocyanates is 1. The third-order valence-corrected chi connectivity index (χ3v) is 2.82. The summed E-state index contributed by atoms with van der Waals surface area (Å²) in [5.41, 5.74) is -0.0952. The second-order valence-electron chi connectivity index (χ2n) is 3.57. The summed E-state index contributed by atoms with van der Waals surface area (Å²) < 4.78 is 13.4. The van der Waals surface area contributed by atoms with Crippen LogP contribution in [0.25, 0.3) is 0 Å². The Morgan fingerprint density at radius 2 is 2.07 bits per heavy atom. The molecule has 1 fully saturated rings. The lowest BCUT2D eigenvalue weighted by Crippen LogP contribution is -2.32. The summed E-state index contributed by atoms with van der Waals surface area (Å²) in [7, 11) is 0. The first kappa shape index (κ1) is 9.10. The predicted octanol–water partition coefficient (Wildman–Crippen LogP) is 2.54. The second kappa shape index (κ2) is 3.35. The van der Waals surface area contributed by atoms with Gasteiger partial charge in [-0.3, -0.25) is 0 Å². The van der Waals surface area contributed by atoms with Gasteiger partial charge in [0.05, 0.1) is 0 Å². The van der Waals surface area contributed by atoms with Gasteiger partial charge < -0.3 is 0 Å². The molecule has 1 saturated carbocycles. The molecule has 0 N–H and O–H groups in total. The normalized spacial score (nSPS) is 18.1. The van der Waals surface area contributed by atoms with E-state index >= 15 is 0 Å². The molecule has 1 aromatic carbocycles. The van der Waals surface area contributed by atoms with E-state index in [0.717, 1.165) is 19.3 Å². The smallest absolute Gasteiger partial charge is 0.211 e. The van der Waals surface area contributed by atoms with Gasteiger partial charge in [-0.2, -0.15) is 4.99 Å². The van der Waals surface area contributed by atoms with Gasteiger partial charge in [0.1, 0.15) is 11.4 Å². The zero-order valence-corrected chi connectivity index (χ0v) is 7.66. The topological polar surface area (TPSA) is 29.4 Å². The fourth-order valence-electron chi connectivity index (χ4n) is 1.88. The molecule has 1 aliphatic rings. The first-order chi connectivity index (χ1) is 6.78. The van der Waals surface area contributed by atoms with Crippen LogP contribution in [0, 0.1) is 5.82 Å². The lowest BCUT2D eigenvalue weighted by molar-refractivity contribution is 0.247. The number of aliphatic imine (C=N–C) groups is 1. The van der Waals surface area contributed by atoms with Crippen molar-refractivity contribution in [1.29, 1.82) is 0 Å². The molecule has 0 unspecified atom stereocenters. The third kappa shape index (κ3) is 1.26. The highest BCUT2D eigenvalue weighted by atomic mass is 19.1. The summed E-state index contributed by atoms with van der Waals surface area (Å²) >= 11 is 0. The van der Waals surface area contributed by atoms with E-state index in [1.807, 2.05) is 0 Å². The minimum atomic E-state index is -0.618. The molecule has 2 nitrogen and oxygen atoms in total. The number of nitrogens with zero attached hydrogens (tertiary/aromatic N) is 1.